The van der Waals surface area contributed by atoms with Gasteiger partial charge in [-0.2, -0.15) is 0 Å². The van der Waals surface area contributed by atoms with Crippen LogP contribution in [-0.4, -0.2) is 23.5 Å². The number of hydrogen-bond donors (Lipinski definition) is 1. The number of hydrogen-bond acceptors (Lipinski definition) is 3. The van der Waals surface area contributed by atoms with E-state index in [-0.39, 0.29) is 30.8 Å². The topological polar surface area (TPSA) is 55.4 Å². The first-order chi connectivity index (χ1) is 9.07. The van der Waals surface area contributed by atoms with E-state index in [0.717, 1.165) is 19.3 Å². The maximum Gasteiger partial charge on any atom is 0.306 e. The quantitative estimate of drug-likeness (QED) is 0.806. The van der Waals surface area contributed by atoms with Gasteiger partial charge in [-0.25, -0.2) is 0 Å². The average Bonchev–Trinajstić information content (AvgIpc) is 2.22. The molecule has 0 aromatic rings. The standard InChI is InChI=1S/C16H29NO3/c1-15(2,3)20-14(19)9-8-13(18)17-12-7-6-10-16(4,5)11-12/h12H,6-11H2,1-5H3,(H,17,18). The fourth-order valence-corrected chi connectivity index (χ4v) is 2.73. The summed E-state index contributed by atoms with van der Waals surface area (Å²) in [6, 6.07) is 0.255. The molecule has 1 aliphatic carbocycles. The molecule has 0 aromatic heterocycles. The van der Waals surface area contributed by atoms with Gasteiger partial charge in [0, 0.05) is 12.5 Å². The fraction of sp³-hybridized carbons (Fsp3) is 0.875. The number of esters is 1. The van der Waals surface area contributed by atoms with Crippen LogP contribution in [0.4, 0.5) is 0 Å². The van der Waals surface area contributed by atoms with Gasteiger partial charge in [0.15, 0.2) is 0 Å². The Kier molecular flexibility index (Phi) is 5.60. The summed E-state index contributed by atoms with van der Waals surface area (Å²) in [5, 5.41) is 3.05. The summed E-state index contributed by atoms with van der Waals surface area (Å²) in [6.45, 7) is 9.97. The Bertz CT molecular complexity index is 355. The molecule has 116 valence electrons. The first-order valence-corrected chi connectivity index (χ1v) is 7.59. The van der Waals surface area contributed by atoms with Gasteiger partial charge < -0.3 is 10.1 Å². The highest BCUT2D eigenvalue weighted by Crippen LogP contribution is 2.35. The van der Waals surface area contributed by atoms with Crippen LogP contribution in [0, 0.1) is 5.41 Å². The van der Waals surface area contributed by atoms with E-state index in [2.05, 4.69) is 19.2 Å². The van der Waals surface area contributed by atoms with Crippen molar-refractivity contribution < 1.29 is 14.3 Å². The minimum atomic E-state index is -0.485. The fourth-order valence-electron chi connectivity index (χ4n) is 2.73. The van der Waals surface area contributed by atoms with E-state index in [9.17, 15) is 9.59 Å². The molecule has 1 amide bonds. The zero-order valence-corrected chi connectivity index (χ0v) is 13.5. The molecule has 1 fully saturated rings. The highest BCUT2D eigenvalue weighted by molar-refractivity contribution is 5.81. The Morgan fingerprint density at radius 3 is 2.45 bits per heavy atom. The maximum atomic E-state index is 11.9. The van der Waals surface area contributed by atoms with Crippen molar-refractivity contribution in [3.8, 4) is 0 Å². The molecule has 1 aliphatic rings. The lowest BCUT2D eigenvalue weighted by Gasteiger charge is -2.35. The van der Waals surface area contributed by atoms with Crippen molar-refractivity contribution in [3.05, 3.63) is 0 Å². The molecule has 0 radical (unpaired) electrons. The molecule has 0 spiro atoms. The molecule has 1 atom stereocenters. The van der Waals surface area contributed by atoms with Crippen LogP contribution in [0.25, 0.3) is 0 Å². The summed E-state index contributed by atoms with van der Waals surface area (Å²) >= 11 is 0. The van der Waals surface area contributed by atoms with Crippen molar-refractivity contribution in [2.75, 3.05) is 0 Å². The van der Waals surface area contributed by atoms with E-state index in [1.54, 1.807) is 0 Å². The van der Waals surface area contributed by atoms with Crippen LogP contribution in [0.5, 0.6) is 0 Å². The van der Waals surface area contributed by atoms with Gasteiger partial charge in [-0.1, -0.05) is 20.3 Å². The van der Waals surface area contributed by atoms with Crippen molar-refractivity contribution in [1.29, 1.82) is 0 Å². The van der Waals surface area contributed by atoms with Crippen LogP contribution < -0.4 is 5.32 Å². The van der Waals surface area contributed by atoms with Crippen LogP contribution in [0.3, 0.4) is 0 Å². The number of amides is 1. The molecule has 1 N–H and O–H groups in total. The van der Waals surface area contributed by atoms with E-state index in [0.29, 0.717) is 5.41 Å². The Morgan fingerprint density at radius 1 is 1.25 bits per heavy atom. The van der Waals surface area contributed by atoms with E-state index in [1.165, 1.54) is 6.42 Å². The maximum absolute atomic E-state index is 11.9. The molecule has 1 unspecified atom stereocenters. The molecule has 0 bridgehead atoms. The normalized spacial score (nSPS) is 22.1. The van der Waals surface area contributed by atoms with E-state index < -0.39 is 5.60 Å². The van der Waals surface area contributed by atoms with Crippen LogP contribution in [0.2, 0.25) is 0 Å². The zero-order valence-electron chi connectivity index (χ0n) is 13.5. The van der Waals surface area contributed by atoms with Crippen molar-refractivity contribution in [3.63, 3.8) is 0 Å². The Labute approximate surface area is 122 Å². The SMILES string of the molecule is CC1(C)CCCC(NC(=O)CCC(=O)OC(C)(C)C)C1. The summed E-state index contributed by atoms with van der Waals surface area (Å²) in [5.41, 5.74) is -0.178. The van der Waals surface area contributed by atoms with Crippen LogP contribution >= 0.6 is 0 Å². The predicted octanol–water partition coefficient (Wildman–Crippen LogP) is 3.19. The lowest BCUT2D eigenvalue weighted by Crippen LogP contribution is -2.40. The molecule has 1 rings (SSSR count). The molecular weight excluding hydrogens is 254 g/mol. The van der Waals surface area contributed by atoms with Crippen molar-refractivity contribution in [2.24, 2.45) is 5.41 Å². The van der Waals surface area contributed by atoms with Crippen LogP contribution in [-0.2, 0) is 14.3 Å². The third-order valence-corrected chi connectivity index (χ3v) is 3.55. The molecule has 0 heterocycles. The summed E-state index contributed by atoms with van der Waals surface area (Å²) in [6.07, 6.45) is 4.80. The average molecular weight is 283 g/mol. The van der Waals surface area contributed by atoms with E-state index in [4.69, 9.17) is 4.74 Å². The van der Waals surface area contributed by atoms with E-state index >= 15 is 0 Å². The second kappa shape index (κ2) is 6.59. The van der Waals surface area contributed by atoms with Crippen molar-refractivity contribution in [1.82, 2.24) is 5.32 Å². The number of carbonyl (C=O) groups is 2. The first-order valence-electron chi connectivity index (χ1n) is 7.59. The molecule has 0 saturated heterocycles. The van der Waals surface area contributed by atoms with Gasteiger partial charge in [0.25, 0.3) is 0 Å². The van der Waals surface area contributed by atoms with Gasteiger partial charge in [-0.15, -0.1) is 0 Å². The number of nitrogens with one attached hydrogen (secondary N) is 1. The lowest BCUT2D eigenvalue weighted by atomic mass is 9.75. The number of rotatable bonds is 4. The van der Waals surface area contributed by atoms with Gasteiger partial charge in [-0.3, -0.25) is 9.59 Å². The number of carbonyl (C=O) groups excluding carboxylic acids is 2. The monoisotopic (exact) mass is 283 g/mol. The third-order valence-electron chi connectivity index (χ3n) is 3.55. The summed E-state index contributed by atoms with van der Waals surface area (Å²) in [4.78, 5) is 23.4. The molecule has 20 heavy (non-hydrogen) atoms. The minimum Gasteiger partial charge on any atom is -0.460 e. The van der Waals surface area contributed by atoms with Crippen molar-refractivity contribution in [2.45, 2.75) is 84.8 Å². The Hall–Kier alpha value is -1.06. The smallest absolute Gasteiger partial charge is 0.306 e. The van der Waals surface area contributed by atoms with Crippen LogP contribution in [0.15, 0.2) is 0 Å². The molecule has 1 saturated carbocycles. The van der Waals surface area contributed by atoms with Crippen molar-refractivity contribution >= 4 is 11.9 Å². The summed E-state index contributed by atoms with van der Waals surface area (Å²) in [7, 11) is 0. The van der Waals surface area contributed by atoms with E-state index in [1.807, 2.05) is 20.8 Å². The first kappa shape index (κ1) is 17.0. The molecule has 0 aliphatic heterocycles. The van der Waals surface area contributed by atoms with Gasteiger partial charge >= 0.3 is 5.97 Å². The molecule has 4 nitrogen and oxygen atoms in total. The predicted molar refractivity (Wildman–Crippen MR) is 79.3 cm³/mol. The Morgan fingerprint density at radius 2 is 1.90 bits per heavy atom. The van der Waals surface area contributed by atoms with Gasteiger partial charge in [0.05, 0.1) is 6.42 Å². The lowest BCUT2D eigenvalue weighted by molar-refractivity contribution is -0.155. The highest BCUT2D eigenvalue weighted by atomic mass is 16.6. The zero-order chi connectivity index (χ0) is 15.4. The highest BCUT2D eigenvalue weighted by Gasteiger charge is 2.28. The molecule has 4 heteroatoms. The second-order valence-corrected chi connectivity index (χ2v) is 7.61. The second-order valence-electron chi connectivity index (χ2n) is 7.61. The minimum absolute atomic E-state index is 0.0430. The van der Waals surface area contributed by atoms with Crippen LogP contribution in [0.1, 0.15) is 73.1 Å². The molecule has 0 aromatic carbocycles. The van der Waals surface area contributed by atoms with Gasteiger partial charge in [-0.05, 0) is 45.4 Å². The van der Waals surface area contributed by atoms with Gasteiger partial charge in [0.2, 0.25) is 5.91 Å². The van der Waals surface area contributed by atoms with Gasteiger partial charge in [0.1, 0.15) is 5.60 Å². The molecular formula is C16H29NO3. The Balaban J connectivity index is 2.28. The summed E-state index contributed by atoms with van der Waals surface area (Å²) < 4.78 is 5.19. The summed E-state index contributed by atoms with van der Waals surface area (Å²) in [5.74, 6) is -0.352. The largest absolute Gasteiger partial charge is 0.460 e. The number of ether oxygens (including phenoxy) is 1. The third kappa shape index (κ3) is 6.92.